The van der Waals surface area contributed by atoms with E-state index in [0.717, 1.165) is 12.1 Å². The molecule has 0 spiro atoms. The third kappa shape index (κ3) is 3.63. The van der Waals surface area contributed by atoms with Crippen molar-refractivity contribution in [3.63, 3.8) is 0 Å². The number of nitrogen functional groups attached to an aromatic ring is 1. The van der Waals surface area contributed by atoms with Crippen molar-refractivity contribution in [3.05, 3.63) is 52.8 Å². The Morgan fingerprint density at radius 1 is 1.24 bits per heavy atom. The van der Waals surface area contributed by atoms with Gasteiger partial charge in [-0.05, 0) is 24.3 Å². The number of halogens is 4. The van der Waals surface area contributed by atoms with Crippen molar-refractivity contribution >= 4 is 28.9 Å². The molecule has 0 saturated carbocycles. The number of benzene rings is 1. The summed E-state index contributed by atoms with van der Waals surface area (Å²) in [5.74, 6) is -0.620. The number of nitrogens with zero attached hydrogens (tertiary/aromatic N) is 1. The molecule has 0 aliphatic heterocycles. The molecule has 0 atom stereocenters. The van der Waals surface area contributed by atoms with Crippen molar-refractivity contribution in [2.45, 2.75) is 6.18 Å². The van der Waals surface area contributed by atoms with Crippen molar-refractivity contribution in [2.75, 3.05) is 11.1 Å². The maximum Gasteiger partial charge on any atom is 0.417 e. The van der Waals surface area contributed by atoms with Gasteiger partial charge in [0, 0.05) is 18.1 Å². The average molecular weight is 316 g/mol. The van der Waals surface area contributed by atoms with Crippen LogP contribution in [0.5, 0.6) is 0 Å². The molecule has 1 amide bonds. The van der Waals surface area contributed by atoms with E-state index in [1.165, 1.54) is 24.5 Å². The van der Waals surface area contributed by atoms with Gasteiger partial charge in [-0.2, -0.15) is 13.2 Å². The minimum absolute atomic E-state index is 0.0286. The molecule has 2 aromatic rings. The van der Waals surface area contributed by atoms with Crippen molar-refractivity contribution in [3.8, 4) is 0 Å². The Morgan fingerprint density at radius 2 is 1.95 bits per heavy atom. The Bertz CT molecular complexity index is 689. The topological polar surface area (TPSA) is 68.0 Å². The summed E-state index contributed by atoms with van der Waals surface area (Å²) >= 11 is 5.50. The maximum atomic E-state index is 12.7. The number of rotatable bonds is 2. The first kappa shape index (κ1) is 15.1. The fourth-order valence-electron chi connectivity index (χ4n) is 1.61. The molecule has 1 heterocycles. The first-order chi connectivity index (χ1) is 9.77. The summed E-state index contributed by atoms with van der Waals surface area (Å²) in [6, 6.07) is 4.47. The number of hydrogen-bond acceptors (Lipinski definition) is 3. The van der Waals surface area contributed by atoms with Crippen LogP contribution in [0.15, 0.2) is 36.7 Å². The molecule has 8 heteroatoms. The quantitative estimate of drug-likeness (QED) is 0.890. The lowest BCUT2D eigenvalue weighted by Gasteiger charge is -2.11. The van der Waals surface area contributed by atoms with Gasteiger partial charge in [-0.15, -0.1) is 0 Å². The van der Waals surface area contributed by atoms with Crippen molar-refractivity contribution in [1.29, 1.82) is 0 Å². The Morgan fingerprint density at radius 3 is 2.57 bits per heavy atom. The highest BCUT2D eigenvalue weighted by Gasteiger charge is 2.33. The second-order valence-electron chi connectivity index (χ2n) is 4.15. The minimum Gasteiger partial charge on any atom is -0.397 e. The van der Waals surface area contributed by atoms with Gasteiger partial charge in [0.05, 0.1) is 21.8 Å². The van der Waals surface area contributed by atoms with Crippen LogP contribution >= 0.6 is 11.6 Å². The molecule has 21 heavy (non-hydrogen) atoms. The van der Waals surface area contributed by atoms with Crippen LogP contribution in [0, 0.1) is 0 Å². The fraction of sp³-hybridized carbons (Fsp3) is 0.0769. The summed E-state index contributed by atoms with van der Waals surface area (Å²) in [4.78, 5) is 15.6. The zero-order chi connectivity index (χ0) is 15.6. The van der Waals surface area contributed by atoms with E-state index in [0.29, 0.717) is 0 Å². The Hall–Kier alpha value is -2.28. The van der Waals surface area contributed by atoms with Gasteiger partial charge < -0.3 is 11.1 Å². The van der Waals surface area contributed by atoms with Crippen LogP contribution in [0.3, 0.4) is 0 Å². The number of aromatic nitrogens is 1. The molecule has 0 saturated heterocycles. The van der Waals surface area contributed by atoms with Gasteiger partial charge >= 0.3 is 6.18 Å². The van der Waals surface area contributed by atoms with Crippen LogP contribution < -0.4 is 11.1 Å². The smallest absolute Gasteiger partial charge is 0.397 e. The first-order valence-electron chi connectivity index (χ1n) is 5.66. The summed E-state index contributed by atoms with van der Waals surface area (Å²) < 4.78 is 38.2. The Labute approximate surface area is 122 Å². The highest BCUT2D eigenvalue weighted by Crippen LogP contribution is 2.36. The SMILES string of the molecule is Nc1cncc(C(=O)Nc2ccc(Cl)c(C(F)(F)F)c2)c1. The second-order valence-corrected chi connectivity index (χ2v) is 4.56. The van der Waals surface area contributed by atoms with Crippen molar-refractivity contribution in [2.24, 2.45) is 0 Å². The largest absolute Gasteiger partial charge is 0.417 e. The van der Waals surface area contributed by atoms with Gasteiger partial charge in [0.15, 0.2) is 0 Å². The normalized spacial score (nSPS) is 11.2. The number of nitrogens with two attached hydrogens (primary N) is 1. The number of pyridine rings is 1. The number of hydrogen-bond donors (Lipinski definition) is 2. The highest BCUT2D eigenvalue weighted by atomic mass is 35.5. The van der Waals surface area contributed by atoms with Gasteiger partial charge in [-0.1, -0.05) is 11.6 Å². The predicted octanol–water partition coefficient (Wildman–Crippen LogP) is 3.59. The van der Waals surface area contributed by atoms with Gasteiger partial charge in [0.1, 0.15) is 0 Å². The van der Waals surface area contributed by atoms with Crippen LogP contribution in [-0.2, 0) is 6.18 Å². The van der Waals surface area contributed by atoms with Crippen LogP contribution in [0.2, 0.25) is 5.02 Å². The lowest BCUT2D eigenvalue weighted by Crippen LogP contribution is -2.14. The third-order valence-corrected chi connectivity index (χ3v) is 2.88. The van der Waals surface area contributed by atoms with E-state index in [2.05, 4.69) is 10.3 Å². The summed E-state index contributed by atoms with van der Waals surface area (Å²) in [7, 11) is 0. The van der Waals surface area contributed by atoms with Crippen LogP contribution in [0.1, 0.15) is 15.9 Å². The van der Waals surface area contributed by atoms with E-state index in [1.54, 1.807) is 0 Å². The predicted molar refractivity (Wildman–Crippen MR) is 73.1 cm³/mol. The Balaban J connectivity index is 2.26. The van der Waals surface area contributed by atoms with E-state index >= 15 is 0 Å². The Kier molecular flexibility index (Phi) is 4.04. The molecule has 0 unspecified atom stereocenters. The van der Waals surface area contributed by atoms with E-state index in [1.807, 2.05) is 0 Å². The van der Waals surface area contributed by atoms with Gasteiger partial charge in [0.25, 0.3) is 5.91 Å². The summed E-state index contributed by atoms with van der Waals surface area (Å²) in [5.41, 5.74) is 4.84. The minimum atomic E-state index is -4.60. The maximum absolute atomic E-state index is 12.7. The highest BCUT2D eigenvalue weighted by molar-refractivity contribution is 6.31. The molecule has 1 aromatic heterocycles. The third-order valence-electron chi connectivity index (χ3n) is 2.55. The number of nitrogens with one attached hydrogen (secondary N) is 1. The molecule has 0 aliphatic carbocycles. The standard InChI is InChI=1S/C13H9ClF3N3O/c14-11-2-1-9(4-10(11)13(15,16)17)20-12(21)7-3-8(18)6-19-5-7/h1-6H,18H2,(H,20,21). The zero-order valence-electron chi connectivity index (χ0n) is 10.4. The molecular formula is C13H9ClF3N3O. The number of carbonyl (C=O) groups is 1. The van der Waals surface area contributed by atoms with E-state index in [4.69, 9.17) is 17.3 Å². The lowest BCUT2D eigenvalue weighted by molar-refractivity contribution is -0.137. The average Bonchev–Trinajstić information content (AvgIpc) is 2.39. The molecule has 3 N–H and O–H groups in total. The van der Waals surface area contributed by atoms with Gasteiger partial charge in [-0.25, -0.2) is 0 Å². The van der Waals surface area contributed by atoms with Gasteiger partial charge in [-0.3, -0.25) is 9.78 Å². The fourth-order valence-corrected chi connectivity index (χ4v) is 1.83. The lowest BCUT2D eigenvalue weighted by atomic mass is 10.2. The molecule has 0 bridgehead atoms. The van der Waals surface area contributed by atoms with E-state index in [-0.39, 0.29) is 16.9 Å². The van der Waals surface area contributed by atoms with Crippen molar-refractivity contribution in [1.82, 2.24) is 4.98 Å². The molecule has 4 nitrogen and oxygen atoms in total. The molecule has 110 valence electrons. The molecule has 1 aromatic carbocycles. The second kappa shape index (κ2) is 5.61. The summed E-state index contributed by atoms with van der Waals surface area (Å²) in [5, 5.41) is 1.89. The van der Waals surface area contributed by atoms with Gasteiger partial charge in [0.2, 0.25) is 0 Å². The van der Waals surface area contributed by atoms with Crippen LogP contribution in [0.25, 0.3) is 0 Å². The van der Waals surface area contributed by atoms with Crippen molar-refractivity contribution < 1.29 is 18.0 Å². The monoisotopic (exact) mass is 315 g/mol. The number of amides is 1. The summed E-state index contributed by atoms with van der Waals surface area (Å²) in [6.45, 7) is 0. The molecule has 2 rings (SSSR count). The molecule has 0 aliphatic rings. The van der Waals surface area contributed by atoms with E-state index in [9.17, 15) is 18.0 Å². The van der Waals surface area contributed by atoms with E-state index < -0.39 is 22.7 Å². The van der Waals surface area contributed by atoms with Crippen LogP contribution in [0.4, 0.5) is 24.5 Å². The number of anilines is 2. The van der Waals surface area contributed by atoms with Crippen LogP contribution in [-0.4, -0.2) is 10.9 Å². The number of alkyl halides is 3. The first-order valence-corrected chi connectivity index (χ1v) is 6.04. The molecular weight excluding hydrogens is 307 g/mol. The molecule has 0 radical (unpaired) electrons. The zero-order valence-corrected chi connectivity index (χ0v) is 11.2. The number of carbonyl (C=O) groups excluding carboxylic acids is 1. The molecule has 0 fully saturated rings. The summed E-state index contributed by atoms with van der Waals surface area (Å²) in [6.07, 6.45) is -2.00.